The highest BCUT2D eigenvalue weighted by Gasteiger charge is 2.38. The van der Waals surface area contributed by atoms with Gasteiger partial charge in [-0.1, -0.05) is 35.9 Å². The van der Waals surface area contributed by atoms with Gasteiger partial charge in [0, 0.05) is 43.8 Å². The van der Waals surface area contributed by atoms with Crippen LogP contribution in [0.5, 0.6) is 0 Å². The molecular weight excluding hydrogens is 418 g/mol. The Balaban J connectivity index is 1.26. The summed E-state index contributed by atoms with van der Waals surface area (Å²) in [5.74, 6) is 0.581. The number of pyridine rings is 1. The molecule has 2 saturated heterocycles. The zero-order valence-electron chi connectivity index (χ0n) is 17.0. The number of imide groups is 1. The second-order valence-corrected chi connectivity index (χ2v) is 8.02. The number of nitrogens with zero attached hydrogens (tertiary/aromatic N) is 4. The first kappa shape index (κ1) is 21.1. The van der Waals surface area contributed by atoms with E-state index in [0.29, 0.717) is 36.8 Å². The van der Waals surface area contributed by atoms with Crippen LogP contribution < -0.4 is 10.2 Å². The molecule has 2 fully saturated rings. The number of amides is 4. The summed E-state index contributed by atoms with van der Waals surface area (Å²) in [4.78, 5) is 47.1. The zero-order valence-corrected chi connectivity index (χ0v) is 17.8. The highest BCUT2D eigenvalue weighted by atomic mass is 35.5. The molecule has 162 valence electrons. The molecule has 1 aromatic carbocycles. The van der Waals surface area contributed by atoms with E-state index in [1.54, 1.807) is 24.4 Å². The summed E-state index contributed by atoms with van der Waals surface area (Å²) in [5.41, 5.74) is 0.704. The van der Waals surface area contributed by atoms with Gasteiger partial charge in [0.15, 0.2) is 0 Å². The third kappa shape index (κ3) is 4.80. The summed E-state index contributed by atoms with van der Waals surface area (Å²) in [6, 6.07) is 11.7. The van der Waals surface area contributed by atoms with Crippen LogP contribution in [0.25, 0.3) is 0 Å². The van der Waals surface area contributed by atoms with Crippen molar-refractivity contribution in [3.63, 3.8) is 0 Å². The fraction of sp³-hybridized carbons (Fsp3) is 0.364. The molecule has 1 atom stereocenters. The van der Waals surface area contributed by atoms with Crippen LogP contribution in [0.3, 0.4) is 0 Å². The highest BCUT2D eigenvalue weighted by molar-refractivity contribution is 6.31. The van der Waals surface area contributed by atoms with Gasteiger partial charge in [-0.25, -0.2) is 9.78 Å². The highest BCUT2D eigenvalue weighted by Crippen LogP contribution is 2.21. The number of hydrogen-bond acceptors (Lipinski definition) is 5. The van der Waals surface area contributed by atoms with E-state index in [0.717, 1.165) is 10.7 Å². The number of benzene rings is 1. The Kier molecular flexibility index (Phi) is 6.36. The van der Waals surface area contributed by atoms with E-state index in [4.69, 9.17) is 11.6 Å². The summed E-state index contributed by atoms with van der Waals surface area (Å²) < 4.78 is 0. The van der Waals surface area contributed by atoms with E-state index in [2.05, 4.69) is 15.2 Å². The summed E-state index contributed by atoms with van der Waals surface area (Å²) in [5, 5.41) is 3.19. The predicted molar refractivity (Wildman–Crippen MR) is 117 cm³/mol. The molecule has 31 heavy (non-hydrogen) atoms. The van der Waals surface area contributed by atoms with Crippen LogP contribution in [0, 0.1) is 0 Å². The van der Waals surface area contributed by atoms with Gasteiger partial charge in [-0.2, -0.15) is 0 Å². The van der Waals surface area contributed by atoms with Gasteiger partial charge >= 0.3 is 6.03 Å². The van der Waals surface area contributed by atoms with Crippen molar-refractivity contribution in [2.75, 3.05) is 31.1 Å². The van der Waals surface area contributed by atoms with E-state index in [1.807, 2.05) is 29.2 Å². The Morgan fingerprint density at radius 2 is 1.81 bits per heavy atom. The van der Waals surface area contributed by atoms with E-state index in [-0.39, 0.29) is 31.2 Å². The quantitative estimate of drug-likeness (QED) is 0.695. The predicted octanol–water partition coefficient (Wildman–Crippen LogP) is 2.28. The molecule has 8 nitrogen and oxygen atoms in total. The van der Waals surface area contributed by atoms with Gasteiger partial charge < -0.3 is 15.1 Å². The number of carbonyl (C=O) groups excluding carboxylic acids is 3. The lowest BCUT2D eigenvalue weighted by molar-refractivity contribution is -0.132. The van der Waals surface area contributed by atoms with Crippen molar-refractivity contribution >= 4 is 35.3 Å². The topological polar surface area (TPSA) is 85.8 Å². The number of urea groups is 1. The lowest BCUT2D eigenvalue weighted by Gasteiger charge is -2.35. The number of carbonyl (C=O) groups is 3. The molecule has 2 aliphatic heterocycles. The van der Waals surface area contributed by atoms with Crippen molar-refractivity contribution in [1.29, 1.82) is 0 Å². The molecule has 2 aromatic rings. The van der Waals surface area contributed by atoms with Gasteiger partial charge in [-0.15, -0.1) is 0 Å². The maximum absolute atomic E-state index is 12.7. The third-order valence-corrected chi connectivity index (χ3v) is 6.01. The van der Waals surface area contributed by atoms with Crippen molar-refractivity contribution in [2.45, 2.75) is 25.4 Å². The van der Waals surface area contributed by atoms with Crippen LogP contribution in [0.2, 0.25) is 5.02 Å². The van der Waals surface area contributed by atoms with Crippen LogP contribution in [-0.2, 0) is 16.1 Å². The average Bonchev–Trinajstić information content (AvgIpc) is 3.07. The molecule has 1 N–H and O–H groups in total. The van der Waals surface area contributed by atoms with Crippen molar-refractivity contribution in [2.24, 2.45) is 0 Å². The number of anilines is 1. The van der Waals surface area contributed by atoms with E-state index >= 15 is 0 Å². The first-order valence-electron chi connectivity index (χ1n) is 10.3. The monoisotopic (exact) mass is 441 g/mol. The Labute approximate surface area is 185 Å². The molecule has 0 radical (unpaired) electrons. The Morgan fingerprint density at radius 1 is 1.06 bits per heavy atom. The molecule has 0 spiro atoms. The number of rotatable bonds is 6. The van der Waals surface area contributed by atoms with Crippen LogP contribution in [0.1, 0.15) is 18.4 Å². The molecule has 4 amide bonds. The fourth-order valence-electron chi connectivity index (χ4n) is 3.87. The molecule has 2 aliphatic rings. The Hall–Kier alpha value is -3.13. The van der Waals surface area contributed by atoms with Crippen molar-refractivity contribution in [1.82, 2.24) is 20.1 Å². The second kappa shape index (κ2) is 9.34. The van der Waals surface area contributed by atoms with Gasteiger partial charge in [0.25, 0.3) is 5.91 Å². The van der Waals surface area contributed by atoms with Crippen LogP contribution in [0.4, 0.5) is 10.6 Å². The zero-order chi connectivity index (χ0) is 21.8. The van der Waals surface area contributed by atoms with Crippen LogP contribution in [0.15, 0.2) is 48.7 Å². The minimum absolute atomic E-state index is 0.00715. The van der Waals surface area contributed by atoms with Crippen molar-refractivity contribution < 1.29 is 14.4 Å². The number of aromatic nitrogens is 1. The van der Waals surface area contributed by atoms with Gasteiger partial charge in [0.05, 0.1) is 6.54 Å². The number of piperazine rings is 1. The minimum atomic E-state index is -0.686. The molecule has 0 bridgehead atoms. The fourth-order valence-corrected chi connectivity index (χ4v) is 4.07. The van der Waals surface area contributed by atoms with Gasteiger partial charge in [-0.3, -0.25) is 14.5 Å². The molecule has 0 aliphatic carbocycles. The number of hydrogen-bond donors (Lipinski definition) is 1. The largest absolute Gasteiger partial charge is 0.353 e. The molecule has 1 unspecified atom stereocenters. The van der Waals surface area contributed by atoms with E-state index in [1.165, 1.54) is 0 Å². The lowest BCUT2D eigenvalue weighted by Crippen LogP contribution is -2.49. The van der Waals surface area contributed by atoms with Gasteiger partial charge in [-0.05, 0) is 30.2 Å². The number of nitrogens with one attached hydrogen (secondary N) is 1. The maximum atomic E-state index is 12.7. The van der Waals surface area contributed by atoms with Gasteiger partial charge in [0.1, 0.15) is 11.9 Å². The van der Waals surface area contributed by atoms with Crippen LogP contribution in [-0.4, -0.2) is 64.9 Å². The van der Waals surface area contributed by atoms with E-state index in [9.17, 15) is 14.4 Å². The number of halogens is 1. The SMILES string of the molecule is O=C(CCC1NC(=O)N(Cc2ccccc2Cl)C1=O)N1CCN(c2ccccn2)CC1. The molecular formula is C22H24ClN5O3. The molecule has 3 heterocycles. The van der Waals surface area contributed by atoms with Crippen LogP contribution >= 0.6 is 11.6 Å². The minimum Gasteiger partial charge on any atom is -0.353 e. The van der Waals surface area contributed by atoms with E-state index < -0.39 is 12.1 Å². The average molecular weight is 442 g/mol. The first-order valence-corrected chi connectivity index (χ1v) is 10.7. The van der Waals surface area contributed by atoms with Gasteiger partial charge in [0.2, 0.25) is 5.91 Å². The molecule has 1 aromatic heterocycles. The molecule has 9 heteroatoms. The van der Waals surface area contributed by atoms with Crippen molar-refractivity contribution in [3.8, 4) is 0 Å². The second-order valence-electron chi connectivity index (χ2n) is 7.61. The smallest absolute Gasteiger partial charge is 0.325 e. The Bertz CT molecular complexity index is 963. The molecule has 4 rings (SSSR count). The first-order chi connectivity index (χ1) is 15.0. The molecule has 0 saturated carbocycles. The summed E-state index contributed by atoms with van der Waals surface area (Å²) >= 11 is 6.15. The summed E-state index contributed by atoms with van der Waals surface area (Å²) in [6.07, 6.45) is 2.25. The third-order valence-electron chi connectivity index (χ3n) is 5.65. The standard InChI is InChI=1S/C22H24ClN5O3/c23-17-6-2-1-5-16(17)15-28-21(30)18(25-22(28)31)8-9-20(29)27-13-11-26(12-14-27)19-7-3-4-10-24-19/h1-7,10,18H,8-9,11-15H2,(H,25,31). The summed E-state index contributed by atoms with van der Waals surface area (Å²) in [6.45, 7) is 2.77. The van der Waals surface area contributed by atoms with Crippen molar-refractivity contribution in [3.05, 3.63) is 59.2 Å². The maximum Gasteiger partial charge on any atom is 0.325 e. The Morgan fingerprint density at radius 3 is 2.52 bits per heavy atom. The lowest BCUT2D eigenvalue weighted by atomic mass is 10.1. The normalized spacial score (nSPS) is 19.0. The summed E-state index contributed by atoms with van der Waals surface area (Å²) in [7, 11) is 0.